The minimum absolute atomic E-state index is 0.0547. The SMILES string of the molecule is CCc1ccc(-c2ccc3c(c2)CN(C)C3=O)cc1F. The van der Waals surface area contributed by atoms with Gasteiger partial charge in [0.1, 0.15) is 5.82 Å². The van der Waals surface area contributed by atoms with E-state index in [9.17, 15) is 9.18 Å². The molecule has 0 aliphatic carbocycles. The fourth-order valence-corrected chi connectivity index (χ4v) is 2.66. The third-order valence-corrected chi connectivity index (χ3v) is 3.86. The number of carbonyl (C=O) groups is 1. The van der Waals surface area contributed by atoms with Crippen molar-refractivity contribution in [3.05, 3.63) is 58.9 Å². The summed E-state index contributed by atoms with van der Waals surface area (Å²) in [4.78, 5) is 13.5. The van der Waals surface area contributed by atoms with Crippen molar-refractivity contribution in [3.8, 4) is 11.1 Å². The molecule has 0 atom stereocenters. The molecule has 0 saturated heterocycles. The summed E-state index contributed by atoms with van der Waals surface area (Å²) in [5, 5.41) is 0. The zero-order valence-electron chi connectivity index (χ0n) is 11.6. The predicted molar refractivity (Wildman–Crippen MR) is 77.0 cm³/mol. The average Bonchev–Trinajstić information content (AvgIpc) is 2.73. The van der Waals surface area contributed by atoms with Gasteiger partial charge in [-0.2, -0.15) is 0 Å². The minimum atomic E-state index is -0.168. The number of benzene rings is 2. The molecule has 2 nitrogen and oxygen atoms in total. The second-order valence-electron chi connectivity index (χ2n) is 5.19. The second kappa shape index (κ2) is 4.75. The number of halogens is 1. The Balaban J connectivity index is 2.02. The number of amides is 1. The van der Waals surface area contributed by atoms with E-state index in [-0.39, 0.29) is 11.7 Å². The summed E-state index contributed by atoms with van der Waals surface area (Å²) < 4.78 is 13.9. The molecule has 1 aliphatic heterocycles. The van der Waals surface area contributed by atoms with Crippen molar-refractivity contribution < 1.29 is 9.18 Å². The van der Waals surface area contributed by atoms with Crippen LogP contribution in [0.3, 0.4) is 0 Å². The second-order valence-corrected chi connectivity index (χ2v) is 5.19. The zero-order valence-corrected chi connectivity index (χ0v) is 11.6. The van der Waals surface area contributed by atoms with Crippen LogP contribution in [0.2, 0.25) is 0 Å². The van der Waals surface area contributed by atoms with Crippen LogP contribution in [-0.4, -0.2) is 17.9 Å². The van der Waals surface area contributed by atoms with Crippen molar-refractivity contribution in [1.82, 2.24) is 4.90 Å². The van der Waals surface area contributed by atoms with E-state index in [0.717, 1.165) is 27.8 Å². The Morgan fingerprint density at radius 3 is 2.55 bits per heavy atom. The summed E-state index contributed by atoms with van der Waals surface area (Å²) in [7, 11) is 1.79. The molecule has 0 N–H and O–H groups in total. The first kappa shape index (κ1) is 12.9. The highest BCUT2D eigenvalue weighted by atomic mass is 19.1. The highest BCUT2D eigenvalue weighted by Crippen LogP contribution is 2.28. The number of fused-ring (bicyclic) bond motifs is 1. The lowest BCUT2D eigenvalue weighted by Gasteiger charge is -2.06. The van der Waals surface area contributed by atoms with Gasteiger partial charge in [0.15, 0.2) is 0 Å². The molecular formula is C17H16FNO. The lowest BCUT2D eigenvalue weighted by atomic mass is 9.99. The first-order chi connectivity index (χ1) is 9.60. The van der Waals surface area contributed by atoms with Gasteiger partial charge in [-0.3, -0.25) is 4.79 Å². The summed E-state index contributed by atoms with van der Waals surface area (Å²) in [5.41, 5.74) is 4.29. The standard InChI is InChI=1S/C17H16FNO/c1-3-11-4-5-13(9-16(11)18)12-6-7-15-14(8-12)10-19(2)17(15)20/h4-9H,3,10H2,1-2H3. The van der Waals surface area contributed by atoms with E-state index >= 15 is 0 Å². The highest BCUT2D eigenvalue weighted by molar-refractivity contribution is 5.98. The van der Waals surface area contributed by atoms with E-state index in [1.165, 1.54) is 0 Å². The molecule has 1 aliphatic rings. The zero-order chi connectivity index (χ0) is 14.3. The number of aryl methyl sites for hydroxylation is 1. The van der Waals surface area contributed by atoms with Gasteiger partial charge in [-0.1, -0.05) is 25.1 Å². The molecule has 0 bridgehead atoms. The molecule has 2 aromatic carbocycles. The van der Waals surface area contributed by atoms with Gasteiger partial charge in [-0.05, 0) is 46.9 Å². The Bertz CT molecular complexity index is 693. The van der Waals surface area contributed by atoms with E-state index in [2.05, 4.69) is 0 Å². The summed E-state index contributed by atoms with van der Waals surface area (Å²) in [6.45, 7) is 2.56. The average molecular weight is 269 g/mol. The quantitative estimate of drug-likeness (QED) is 0.815. The molecule has 1 amide bonds. The van der Waals surface area contributed by atoms with Crippen molar-refractivity contribution in [2.45, 2.75) is 19.9 Å². The van der Waals surface area contributed by atoms with Crippen LogP contribution >= 0.6 is 0 Å². The molecule has 0 fully saturated rings. The van der Waals surface area contributed by atoms with Crippen LogP contribution in [0.4, 0.5) is 4.39 Å². The Kier molecular flexibility index (Phi) is 3.05. The molecule has 3 rings (SSSR count). The number of rotatable bonds is 2. The lowest BCUT2D eigenvalue weighted by molar-refractivity contribution is 0.0816. The first-order valence-corrected chi connectivity index (χ1v) is 6.77. The van der Waals surface area contributed by atoms with Crippen molar-refractivity contribution >= 4 is 5.91 Å². The van der Waals surface area contributed by atoms with Gasteiger partial charge in [0.05, 0.1) is 0 Å². The third kappa shape index (κ3) is 1.99. The topological polar surface area (TPSA) is 20.3 Å². The van der Waals surface area contributed by atoms with Crippen molar-refractivity contribution in [2.75, 3.05) is 7.05 Å². The molecule has 20 heavy (non-hydrogen) atoms. The van der Waals surface area contributed by atoms with E-state index in [1.807, 2.05) is 37.3 Å². The predicted octanol–water partition coefficient (Wildman–Crippen LogP) is 3.64. The highest BCUT2D eigenvalue weighted by Gasteiger charge is 2.24. The Hall–Kier alpha value is -2.16. The summed E-state index contributed by atoms with van der Waals surface area (Å²) >= 11 is 0. The normalized spacial score (nSPS) is 13.8. The molecular weight excluding hydrogens is 253 g/mol. The van der Waals surface area contributed by atoms with E-state index < -0.39 is 0 Å². The Labute approximate surface area is 117 Å². The van der Waals surface area contributed by atoms with Crippen LogP contribution < -0.4 is 0 Å². The number of nitrogens with zero attached hydrogens (tertiary/aromatic N) is 1. The summed E-state index contributed by atoms with van der Waals surface area (Å²) in [5.74, 6) is -0.113. The first-order valence-electron chi connectivity index (χ1n) is 6.77. The lowest BCUT2D eigenvalue weighted by Crippen LogP contribution is -2.17. The smallest absolute Gasteiger partial charge is 0.254 e. The number of hydrogen-bond acceptors (Lipinski definition) is 1. The maximum Gasteiger partial charge on any atom is 0.254 e. The fourth-order valence-electron chi connectivity index (χ4n) is 2.66. The van der Waals surface area contributed by atoms with Crippen LogP contribution in [-0.2, 0) is 13.0 Å². The number of hydrogen-bond donors (Lipinski definition) is 0. The summed E-state index contributed by atoms with van der Waals surface area (Å²) in [6.07, 6.45) is 0.690. The molecule has 3 heteroatoms. The molecule has 0 spiro atoms. The summed E-state index contributed by atoms with van der Waals surface area (Å²) in [6, 6.07) is 11.0. The monoisotopic (exact) mass is 269 g/mol. The van der Waals surface area contributed by atoms with Gasteiger partial charge in [0, 0.05) is 19.2 Å². The van der Waals surface area contributed by atoms with Crippen LogP contribution in [0.1, 0.15) is 28.4 Å². The molecule has 1 heterocycles. The molecule has 0 radical (unpaired) electrons. The van der Waals surface area contributed by atoms with Crippen molar-refractivity contribution in [3.63, 3.8) is 0 Å². The Morgan fingerprint density at radius 2 is 1.85 bits per heavy atom. The van der Waals surface area contributed by atoms with Gasteiger partial charge < -0.3 is 4.90 Å². The van der Waals surface area contributed by atoms with E-state index in [0.29, 0.717) is 13.0 Å². The fraction of sp³-hybridized carbons (Fsp3) is 0.235. The molecule has 0 unspecified atom stereocenters. The maximum atomic E-state index is 13.9. The van der Waals surface area contributed by atoms with Gasteiger partial charge in [0.25, 0.3) is 5.91 Å². The van der Waals surface area contributed by atoms with Gasteiger partial charge in [0.2, 0.25) is 0 Å². The molecule has 0 aromatic heterocycles. The van der Waals surface area contributed by atoms with Crippen LogP contribution in [0.15, 0.2) is 36.4 Å². The van der Waals surface area contributed by atoms with Crippen LogP contribution in [0.5, 0.6) is 0 Å². The van der Waals surface area contributed by atoms with Crippen LogP contribution in [0, 0.1) is 5.82 Å². The molecule has 102 valence electrons. The molecule has 0 saturated carbocycles. The van der Waals surface area contributed by atoms with Crippen molar-refractivity contribution in [2.24, 2.45) is 0 Å². The maximum absolute atomic E-state index is 13.9. The minimum Gasteiger partial charge on any atom is -0.337 e. The van der Waals surface area contributed by atoms with E-state index in [1.54, 1.807) is 18.0 Å². The van der Waals surface area contributed by atoms with Gasteiger partial charge in [-0.15, -0.1) is 0 Å². The third-order valence-electron chi connectivity index (χ3n) is 3.86. The largest absolute Gasteiger partial charge is 0.337 e. The van der Waals surface area contributed by atoms with Crippen LogP contribution in [0.25, 0.3) is 11.1 Å². The Morgan fingerprint density at radius 1 is 1.15 bits per heavy atom. The molecule has 2 aromatic rings. The van der Waals surface area contributed by atoms with Gasteiger partial charge >= 0.3 is 0 Å². The van der Waals surface area contributed by atoms with Gasteiger partial charge in [-0.25, -0.2) is 4.39 Å². The van der Waals surface area contributed by atoms with Crippen molar-refractivity contribution in [1.29, 1.82) is 0 Å². The van der Waals surface area contributed by atoms with E-state index in [4.69, 9.17) is 0 Å². The number of carbonyl (C=O) groups excluding carboxylic acids is 1.